The van der Waals surface area contributed by atoms with Crippen LogP contribution in [0.2, 0.25) is 0 Å². The van der Waals surface area contributed by atoms with Gasteiger partial charge in [-0.05, 0) is 37.6 Å². The maximum Gasteiger partial charge on any atom is 0.132 e. The van der Waals surface area contributed by atoms with E-state index in [2.05, 4.69) is 47.7 Å². The lowest BCUT2D eigenvalue weighted by Gasteiger charge is -2.27. The smallest absolute Gasteiger partial charge is 0.132 e. The Kier molecular flexibility index (Phi) is 7.03. The minimum absolute atomic E-state index is 0.106. The molecule has 0 radical (unpaired) electrons. The topological polar surface area (TPSA) is 72.0 Å². The van der Waals surface area contributed by atoms with Crippen molar-refractivity contribution < 1.29 is 9.84 Å². The molecule has 152 valence electrons. The third kappa shape index (κ3) is 4.53. The predicted octanol–water partition coefficient (Wildman–Crippen LogP) is 2.57. The quantitative estimate of drug-likeness (QED) is 0.434. The lowest BCUT2D eigenvalue weighted by molar-refractivity contribution is 0.144. The maximum atomic E-state index is 10.5. The highest BCUT2D eigenvalue weighted by molar-refractivity contribution is 7.80. The maximum absolute atomic E-state index is 10.5. The molecular formula is C20H29N5O2S. The molecule has 1 heterocycles. The number of methoxy groups -OCH3 is 1. The van der Waals surface area contributed by atoms with Gasteiger partial charge in [0.15, 0.2) is 0 Å². The van der Waals surface area contributed by atoms with Crippen molar-refractivity contribution in [3.05, 3.63) is 53.6 Å². The minimum atomic E-state index is -0.218. The highest BCUT2D eigenvalue weighted by Crippen LogP contribution is 2.27. The van der Waals surface area contributed by atoms with Gasteiger partial charge in [0, 0.05) is 37.0 Å². The van der Waals surface area contributed by atoms with Crippen molar-refractivity contribution in [3.8, 4) is 11.5 Å². The molecule has 0 aromatic heterocycles. The Morgan fingerprint density at radius 2 is 1.86 bits per heavy atom. The molecule has 4 N–H and O–H groups in total. The first-order chi connectivity index (χ1) is 13.6. The number of thiol groups is 1. The summed E-state index contributed by atoms with van der Waals surface area (Å²) in [4.78, 5) is 2.20. The molecule has 8 heteroatoms. The van der Waals surface area contributed by atoms with Gasteiger partial charge in [-0.2, -0.15) is 5.01 Å². The number of phenolic OH excluding ortho intramolecular Hbond substituents is 1. The normalized spacial score (nSPS) is 19.7. The van der Waals surface area contributed by atoms with Crippen molar-refractivity contribution in [2.24, 2.45) is 0 Å². The number of hydrogen-bond donors (Lipinski definition) is 5. The highest BCUT2D eigenvalue weighted by Gasteiger charge is 2.31. The number of hydrazine groups is 2. The Morgan fingerprint density at radius 1 is 1.14 bits per heavy atom. The molecule has 1 fully saturated rings. The molecule has 1 aliphatic heterocycles. The SMILES string of the molecule is CCN(CC)c1ccc(CNN2[C@H](S)NN[C@H]2c2ccc(OC)cc2)c(O)c1. The molecule has 0 bridgehead atoms. The monoisotopic (exact) mass is 403 g/mol. The van der Waals surface area contributed by atoms with Gasteiger partial charge in [0.1, 0.15) is 23.2 Å². The zero-order chi connectivity index (χ0) is 20.1. The Balaban J connectivity index is 1.69. The largest absolute Gasteiger partial charge is 0.508 e. The van der Waals surface area contributed by atoms with Gasteiger partial charge in [0.05, 0.1) is 7.11 Å². The average molecular weight is 404 g/mol. The molecule has 0 unspecified atom stereocenters. The van der Waals surface area contributed by atoms with Crippen molar-refractivity contribution in [3.63, 3.8) is 0 Å². The number of benzene rings is 2. The van der Waals surface area contributed by atoms with Gasteiger partial charge in [0.2, 0.25) is 0 Å². The lowest BCUT2D eigenvalue weighted by atomic mass is 10.1. The van der Waals surface area contributed by atoms with Gasteiger partial charge in [-0.25, -0.2) is 16.3 Å². The molecule has 0 saturated carbocycles. The van der Waals surface area contributed by atoms with Crippen molar-refractivity contribution in [1.29, 1.82) is 0 Å². The molecule has 0 spiro atoms. The second kappa shape index (κ2) is 9.49. The number of anilines is 1. The summed E-state index contributed by atoms with van der Waals surface area (Å²) < 4.78 is 5.23. The van der Waals surface area contributed by atoms with E-state index in [-0.39, 0.29) is 17.4 Å². The molecule has 1 aliphatic rings. The number of nitrogens with one attached hydrogen (secondary N) is 3. The van der Waals surface area contributed by atoms with Crippen LogP contribution in [0.25, 0.3) is 0 Å². The van der Waals surface area contributed by atoms with E-state index in [9.17, 15) is 5.11 Å². The van der Waals surface area contributed by atoms with Crippen molar-refractivity contribution in [2.45, 2.75) is 32.1 Å². The molecular weight excluding hydrogens is 374 g/mol. The van der Waals surface area contributed by atoms with Gasteiger partial charge in [-0.15, -0.1) is 12.6 Å². The number of nitrogens with zero attached hydrogens (tertiary/aromatic N) is 2. The van der Waals surface area contributed by atoms with Crippen LogP contribution in [0, 0.1) is 0 Å². The molecule has 0 aliphatic carbocycles. The van der Waals surface area contributed by atoms with E-state index in [1.807, 2.05) is 47.5 Å². The summed E-state index contributed by atoms with van der Waals surface area (Å²) in [6.45, 7) is 6.51. The second-order valence-electron chi connectivity index (χ2n) is 6.57. The number of aromatic hydroxyl groups is 1. The van der Waals surface area contributed by atoms with E-state index in [1.54, 1.807) is 7.11 Å². The third-order valence-electron chi connectivity index (χ3n) is 4.97. The standard InChI is InChI=1S/C20H29N5O2S/c1-4-24(5-2)16-9-6-15(18(26)12-16)13-21-25-19(22-23-20(25)28)14-7-10-17(27-3)11-8-14/h6-12,19-23,26,28H,4-5,13H2,1-3H3/t19-,20-/m1/s1. The Labute approximate surface area is 172 Å². The van der Waals surface area contributed by atoms with Gasteiger partial charge in [0.25, 0.3) is 0 Å². The van der Waals surface area contributed by atoms with Crippen LogP contribution in [0.3, 0.4) is 0 Å². The fourth-order valence-corrected chi connectivity index (χ4v) is 3.59. The fourth-order valence-electron chi connectivity index (χ4n) is 3.31. The van der Waals surface area contributed by atoms with Gasteiger partial charge < -0.3 is 14.7 Å². The first-order valence-electron chi connectivity index (χ1n) is 9.49. The molecule has 2 aromatic carbocycles. The molecule has 3 rings (SSSR count). The van der Waals surface area contributed by atoms with Crippen LogP contribution in [0.5, 0.6) is 11.5 Å². The van der Waals surface area contributed by atoms with Crippen LogP contribution < -0.4 is 25.9 Å². The molecule has 28 heavy (non-hydrogen) atoms. The number of hydrogen-bond acceptors (Lipinski definition) is 8. The van der Waals surface area contributed by atoms with Crippen LogP contribution in [0.15, 0.2) is 42.5 Å². The second-order valence-corrected chi connectivity index (χ2v) is 7.05. The van der Waals surface area contributed by atoms with Gasteiger partial charge in [-0.1, -0.05) is 18.2 Å². The van der Waals surface area contributed by atoms with Crippen LogP contribution >= 0.6 is 12.6 Å². The van der Waals surface area contributed by atoms with E-state index in [0.29, 0.717) is 6.54 Å². The molecule has 7 nitrogen and oxygen atoms in total. The summed E-state index contributed by atoms with van der Waals surface area (Å²) in [6, 6.07) is 13.7. The van der Waals surface area contributed by atoms with Crippen LogP contribution in [0.4, 0.5) is 5.69 Å². The number of phenols is 1. The summed E-state index contributed by atoms with van der Waals surface area (Å²) >= 11 is 4.57. The van der Waals surface area contributed by atoms with Crippen LogP contribution in [-0.4, -0.2) is 35.8 Å². The average Bonchev–Trinajstić information content (AvgIpc) is 3.09. The summed E-state index contributed by atoms with van der Waals surface area (Å²) in [5.41, 5.74) is 12.4. The highest BCUT2D eigenvalue weighted by atomic mass is 32.1. The van der Waals surface area contributed by atoms with Gasteiger partial charge >= 0.3 is 0 Å². The zero-order valence-corrected chi connectivity index (χ0v) is 17.4. The molecule has 1 saturated heterocycles. The van der Waals surface area contributed by atoms with Crippen molar-refractivity contribution in [1.82, 2.24) is 21.3 Å². The molecule has 0 amide bonds. The zero-order valence-electron chi connectivity index (χ0n) is 16.5. The summed E-state index contributed by atoms with van der Waals surface area (Å²) in [7, 11) is 1.65. The van der Waals surface area contributed by atoms with Crippen molar-refractivity contribution in [2.75, 3.05) is 25.1 Å². The first-order valence-corrected chi connectivity index (χ1v) is 10.0. The molecule has 2 atom stereocenters. The molecule has 2 aromatic rings. The van der Waals surface area contributed by atoms with E-state index in [0.717, 1.165) is 35.7 Å². The Hall–Kier alpha value is -1.97. The third-order valence-corrected chi connectivity index (χ3v) is 5.35. The first kappa shape index (κ1) is 20.8. The predicted molar refractivity (Wildman–Crippen MR) is 115 cm³/mol. The Morgan fingerprint density at radius 3 is 2.46 bits per heavy atom. The van der Waals surface area contributed by atoms with E-state index in [1.165, 1.54) is 0 Å². The van der Waals surface area contributed by atoms with Crippen LogP contribution in [-0.2, 0) is 6.54 Å². The van der Waals surface area contributed by atoms with E-state index in [4.69, 9.17) is 4.74 Å². The summed E-state index contributed by atoms with van der Waals surface area (Å²) in [5.74, 6) is 1.10. The summed E-state index contributed by atoms with van der Waals surface area (Å²) in [5, 5.41) is 12.4. The van der Waals surface area contributed by atoms with Crippen molar-refractivity contribution >= 4 is 18.3 Å². The van der Waals surface area contributed by atoms with Gasteiger partial charge in [-0.3, -0.25) is 0 Å². The lowest BCUT2D eigenvalue weighted by Crippen LogP contribution is -2.42. The van der Waals surface area contributed by atoms with E-state index >= 15 is 0 Å². The number of rotatable bonds is 8. The summed E-state index contributed by atoms with van der Waals surface area (Å²) in [6.07, 6.45) is -0.106. The van der Waals surface area contributed by atoms with E-state index < -0.39 is 0 Å². The Bertz CT molecular complexity index is 770. The minimum Gasteiger partial charge on any atom is -0.508 e. The fraction of sp³-hybridized carbons (Fsp3) is 0.400. The van der Waals surface area contributed by atoms with Crippen LogP contribution in [0.1, 0.15) is 31.1 Å². The number of ether oxygens (including phenoxy) is 1.